The first-order chi connectivity index (χ1) is 42.2. The van der Waals surface area contributed by atoms with E-state index in [1.807, 2.05) is 6.92 Å². The van der Waals surface area contributed by atoms with Crippen LogP contribution in [0, 0.1) is 0 Å². The summed E-state index contributed by atoms with van der Waals surface area (Å²) in [6.45, 7) is 28.4. The minimum Gasteiger partial charge on any atom is -0.379 e. The fraction of sp³-hybridized carbons (Fsp3) is 0.946. The highest BCUT2D eigenvalue weighted by Gasteiger charge is 2.03. The summed E-state index contributed by atoms with van der Waals surface area (Å²) in [5, 5.41) is 5.91. The van der Waals surface area contributed by atoms with Gasteiger partial charge in [-0.2, -0.15) is 0 Å². The summed E-state index contributed by atoms with van der Waals surface area (Å²) >= 11 is 0. The second-order valence-electron chi connectivity index (χ2n) is 17.1. The molecular weight excluding hydrogens is 1130 g/mol. The number of Topliss-reactive ketones (excluding diaryl/α,β-unsaturated/α-hetero) is 1. The molecule has 0 atom stereocenters. The van der Waals surface area contributed by atoms with Crippen LogP contribution in [-0.4, -0.2) is 349 Å². The molecule has 0 heterocycles. The molecule has 0 unspecified atom stereocenters. The van der Waals surface area contributed by atoms with Gasteiger partial charge in [-0.3, -0.25) is 4.79 Å². The molecular formula is C56H110N2O27. The predicted octanol–water partition coefficient (Wildman–Crippen LogP) is 0.502. The van der Waals surface area contributed by atoms with Gasteiger partial charge in [0.25, 0.3) is 0 Å². The van der Waals surface area contributed by atoms with Crippen LogP contribution in [0.4, 0.5) is 0 Å². The summed E-state index contributed by atoms with van der Waals surface area (Å²) in [5.74, 6) is -0.291. The molecule has 29 nitrogen and oxygen atoms in total. The Kier molecular flexibility index (Phi) is 75.9. The van der Waals surface area contributed by atoms with Crippen LogP contribution in [0.25, 0.3) is 0 Å². The summed E-state index contributed by atoms with van der Waals surface area (Å²) in [7, 11) is 0. The van der Waals surface area contributed by atoms with Crippen LogP contribution in [-0.2, 0) is 128 Å². The number of hydrogen-bond donors (Lipinski definition) is 1. The molecule has 0 saturated heterocycles. The Balaban J connectivity index is 3.09. The number of carbonyl (C=O) groups is 2. The molecule has 0 amide bonds. The number of hydrogen-bond acceptors (Lipinski definition) is 29. The Morgan fingerprint density at radius 2 is 0.412 bits per heavy atom. The maximum absolute atomic E-state index is 11.2. The van der Waals surface area contributed by atoms with Crippen molar-refractivity contribution in [1.82, 2.24) is 5.32 Å². The number of ether oxygens (including phenoxy) is 24. The van der Waals surface area contributed by atoms with Gasteiger partial charge in [0, 0.05) is 26.1 Å². The first-order valence-corrected chi connectivity index (χ1v) is 29.9. The van der Waals surface area contributed by atoms with E-state index in [0.29, 0.717) is 337 Å². The van der Waals surface area contributed by atoms with Crippen LogP contribution in [0.3, 0.4) is 0 Å². The molecule has 506 valence electrons. The number of carbonyl (C=O) groups excluding carboxylic acids is 2. The molecule has 0 bridgehead atoms. The van der Waals surface area contributed by atoms with Crippen molar-refractivity contribution in [3.05, 3.63) is 0 Å². The van der Waals surface area contributed by atoms with E-state index in [9.17, 15) is 9.59 Å². The van der Waals surface area contributed by atoms with Gasteiger partial charge < -0.3 is 124 Å². The topological polar surface area (TPSA) is 289 Å². The summed E-state index contributed by atoms with van der Waals surface area (Å²) in [4.78, 5) is 26.6. The SMILES string of the molecule is C=NOC(=O)CNCCOCCOCCOCCOCCOCCOCCOCCOCCOCCOCCOCCOCCOCCOCCOCCOCCOCCOCCOCCOCCOCCOCCOCCOCCC(=O)CC. The second-order valence-corrected chi connectivity index (χ2v) is 17.1. The molecule has 0 fully saturated rings. The van der Waals surface area contributed by atoms with Gasteiger partial charge in [0.1, 0.15) is 5.78 Å². The Morgan fingerprint density at radius 3 is 0.565 bits per heavy atom. The molecule has 0 aliphatic heterocycles. The first-order valence-electron chi connectivity index (χ1n) is 29.9. The minimum absolute atomic E-state index is 0.0482. The highest BCUT2D eigenvalue weighted by atomic mass is 16.7. The Bertz CT molecular complexity index is 1300. The molecule has 0 saturated carbocycles. The molecule has 1 N–H and O–H groups in total. The van der Waals surface area contributed by atoms with E-state index in [2.05, 4.69) is 22.0 Å². The number of ketones is 1. The van der Waals surface area contributed by atoms with Gasteiger partial charge in [0.15, 0.2) is 0 Å². The molecule has 0 aromatic carbocycles. The number of rotatable bonds is 79. The van der Waals surface area contributed by atoms with Crippen LogP contribution < -0.4 is 5.32 Å². The lowest BCUT2D eigenvalue weighted by molar-refractivity contribution is -0.142. The maximum Gasteiger partial charge on any atom is 0.348 e. The number of oxime groups is 1. The Hall–Kier alpha value is -2.19. The quantitative estimate of drug-likeness (QED) is 0.0375. The van der Waals surface area contributed by atoms with E-state index in [4.69, 9.17) is 114 Å². The van der Waals surface area contributed by atoms with Crippen LogP contribution in [0.1, 0.15) is 19.8 Å². The fourth-order valence-electron chi connectivity index (χ4n) is 5.96. The average molecular weight is 1240 g/mol. The van der Waals surface area contributed by atoms with Crippen molar-refractivity contribution >= 4 is 18.5 Å². The lowest BCUT2D eigenvalue weighted by Gasteiger charge is -2.09. The lowest BCUT2D eigenvalue weighted by Crippen LogP contribution is -2.27. The highest BCUT2D eigenvalue weighted by molar-refractivity contribution is 5.78. The van der Waals surface area contributed by atoms with E-state index in [0.717, 1.165) is 0 Å². The third-order valence-corrected chi connectivity index (χ3v) is 10.3. The monoisotopic (exact) mass is 1240 g/mol. The van der Waals surface area contributed by atoms with Gasteiger partial charge >= 0.3 is 5.97 Å². The molecule has 0 rings (SSSR count). The molecule has 0 aliphatic rings. The smallest absolute Gasteiger partial charge is 0.348 e. The zero-order chi connectivity index (χ0) is 61.0. The molecule has 0 aromatic rings. The largest absolute Gasteiger partial charge is 0.379 e. The summed E-state index contributed by atoms with van der Waals surface area (Å²) in [5.41, 5.74) is 0. The van der Waals surface area contributed by atoms with Crippen LogP contribution >= 0.6 is 0 Å². The second kappa shape index (κ2) is 77.9. The van der Waals surface area contributed by atoms with Crippen molar-refractivity contribution in [3.8, 4) is 0 Å². The van der Waals surface area contributed by atoms with Crippen molar-refractivity contribution in [2.24, 2.45) is 5.16 Å². The fourth-order valence-corrected chi connectivity index (χ4v) is 5.96. The van der Waals surface area contributed by atoms with Crippen molar-refractivity contribution in [2.45, 2.75) is 19.8 Å². The van der Waals surface area contributed by atoms with Gasteiger partial charge in [-0.1, -0.05) is 12.1 Å². The van der Waals surface area contributed by atoms with Gasteiger partial charge in [-0.25, -0.2) is 4.79 Å². The summed E-state index contributed by atoms with van der Waals surface area (Å²) in [6, 6.07) is 0. The molecule has 29 heteroatoms. The average Bonchev–Trinajstić information content (AvgIpc) is 3.50. The third-order valence-electron chi connectivity index (χ3n) is 10.3. The number of nitrogens with zero attached hydrogens (tertiary/aromatic N) is 1. The third kappa shape index (κ3) is 77.9. The molecule has 0 spiro atoms. The van der Waals surface area contributed by atoms with Gasteiger partial charge in [-0.05, 0) is 0 Å². The van der Waals surface area contributed by atoms with E-state index in [-0.39, 0.29) is 12.3 Å². The van der Waals surface area contributed by atoms with Crippen LogP contribution in [0.5, 0.6) is 0 Å². The molecule has 0 aromatic heterocycles. The Morgan fingerprint density at radius 1 is 0.259 bits per heavy atom. The minimum atomic E-state index is -0.498. The number of nitrogens with one attached hydrogen (secondary N) is 1. The lowest BCUT2D eigenvalue weighted by atomic mass is 10.2. The van der Waals surface area contributed by atoms with Crippen molar-refractivity contribution in [3.63, 3.8) is 0 Å². The summed E-state index contributed by atoms with van der Waals surface area (Å²) in [6.07, 6.45) is 1.01. The first kappa shape index (κ1) is 82.8. The zero-order valence-corrected chi connectivity index (χ0v) is 51.4. The van der Waals surface area contributed by atoms with Crippen molar-refractivity contribution < 1.29 is 128 Å². The standard InChI is InChI=1S/C56H110N2O27/c1-3-55(59)4-6-61-8-10-63-12-14-65-16-18-67-20-22-69-24-26-71-28-30-73-32-34-75-36-38-77-40-42-79-44-46-81-48-50-83-52-53-84-51-49-82-47-45-80-43-41-78-39-37-76-35-33-74-31-29-72-27-25-70-23-21-68-19-17-66-15-13-64-11-9-62-7-5-58-54-56(60)85-57-2/h58H,2-54H2,1H3. The van der Waals surface area contributed by atoms with Crippen LogP contribution in [0.2, 0.25) is 0 Å². The van der Waals surface area contributed by atoms with E-state index in [1.54, 1.807) is 0 Å². The normalized spacial score (nSPS) is 11.6. The zero-order valence-electron chi connectivity index (χ0n) is 51.4. The van der Waals surface area contributed by atoms with Crippen LogP contribution in [0.15, 0.2) is 5.16 Å². The van der Waals surface area contributed by atoms with E-state index in [1.165, 1.54) is 0 Å². The Labute approximate surface area is 505 Å². The van der Waals surface area contributed by atoms with Gasteiger partial charge in [0.05, 0.1) is 324 Å². The van der Waals surface area contributed by atoms with E-state index < -0.39 is 5.97 Å². The highest BCUT2D eigenvalue weighted by Crippen LogP contribution is 1.93. The molecule has 0 aliphatic carbocycles. The van der Waals surface area contributed by atoms with Gasteiger partial charge in [-0.15, -0.1) is 0 Å². The molecule has 0 radical (unpaired) electrons. The molecule has 85 heavy (non-hydrogen) atoms. The van der Waals surface area contributed by atoms with E-state index >= 15 is 0 Å². The summed E-state index contributed by atoms with van der Waals surface area (Å²) < 4.78 is 132. The van der Waals surface area contributed by atoms with Gasteiger partial charge in [0.2, 0.25) is 0 Å². The van der Waals surface area contributed by atoms with Crippen molar-refractivity contribution in [1.29, 1.82) is 0 Å². The predicted molar refractivity (Wildman–Crippen MR) is 308 cm³/mol. The maximum atomic E-state index is 11.2. The van der Waals surface area contributed by atoms with Crippen molar-refractivity contribution in [2.75, 3.05) is 330 Å².